The minimum atomic E-state index is -0.689. The van der Waals surface area contributed by atoms with Gasteiger partial charge in [-0.1, -0.05) is 17.7 Å². The molecule has 0 bridgehead atoms. The van der Waals surface area contributed by atoms with Gasteiger partial charge in [-0.25, -0.2) is 8.78 Å². The van der Waals surface area contributed by atoms with E-state index in [2.05, 4.69) is 32.1 Å². The van der Waals surface area contributed by atoms with Gasteiger partial charge in [0.05, 0.1) is 22.5 Å². The van der Waals surface area contributed by atoms with E-state index in [1.807, 2.05) is 0 Å². The first kappa shape index (κ1) is 15.1. The molecule has 22 heavy (non-hydrogen) atoms. The lowest BCUT2D eigenvalue weighted by molar-refractivity contribution is 0.589. The second-order valence-corrected chi connectivity index (χ2v) is 5.72. The topological polar surface area (TPSA) is 25.8 Å². The average Bonchev–Trinajstić information content (AvgIpc) is 2.49. The fourth-order valence-corrected chi connectivity index (χ4v) is 2.70. The molecule has 0 spiro atoms. The van der Waals surface area contributed by atoms with Crippen molar-refractivity contribution >= 4 is 27.5 Å². The zero-order valence-corrected chi connectivity index (χ0v) is 13.3. The number of pyridine rings is 2. The summed E-state index contributed by atoms with van der Waals surface area (Å²) in [6.07, 6.45) is 5.61. The number of benzene rings is 1. The van der Waals surface area contributed by atoms with Gasteiger partial charge in [-0.2, -0.15) is 0 Å². The Morgan fingerprint density at radius 3 is 2.36 bits per heavy atom. The molecule has 1 aromatic carbocycles. The van der Waals surface area contributed by atoms with Crippen molar-refractivity contribution in [2.45, 2.75) is 0 Å². The first-order chi connectivity index (χ1) is 10.6. The summed E-state index contributed by atoms with van der Waals surface area (Å²) in [4.78, 5) is 8.09. The molecular weight excluding hydrogens is 374 g/mol. The van der Waals surface area contributed by atoms with E-state index in [-0.39, 0.29) is 11.1 Å². The van der Waals surface area contributed by atoms with E-state index >= 15 is 0 Å². The van der Waals surface area contributed by atoms with Gasteiger partial charge in [-0.05, 0) is 40.2 Å². The molecule has 6 heteroatoms. The third-order valence-electron chi connectivity index (χ3n) is 3.04. The zero-order chi connectivity index (χ0) is 15.7. The van der Waals surface area contributed by atoms with Crippen molar-refractivity contribution in [3.8, 4) is 22.4 Å². The maximum Gasteiger partial charge on any atom is 0.134 e. The summed E-state index contributed by atoms with van der Waals surface area (Å²) in [6.45, 7) is 0. The summed E-state index contributed by atoms with van der Waals surface area (Å²) >= 11 is 9.18. The Morgan fingerprint density at radius 2 is 1.73 bits per heavy atom. The van der Waals surface area contributed by atoms with Crippen molar-refractivity contribution in [1.29, 1.82) is 0 Å². The zero-order valence-electron chi connectivity index (χ0n) is 10.9. The summed E-state index contributed by atoms with van der Waals surface area (Å²) in [5.74, 6) is -1.38. The molecule has 0 aliphatic rings. The Morgan fingerprint density at radius 1 is 1.00 bits per heavy atom. The quantitative estimate of drug-likeness (QED) is 0.602. The van der Waals surface area contributed by atoms with Crippen molar-refractivity contribution in [2.24, 2.45) is 0 Å². The van der Waals surface area contributed by atoms with E-state index in [9.17, 15) is 8.78 Å². The van der Waals surface area contributed by atoms with Gasteiger partial charge in [-0.3, -0.25) is 9.97 Å². The minimum absolute atomic E-state index is 0.192. The van der Waals surface area contributed by atoms with Crippen molar-refractivity contribution < 1.29 is 8.78 Å². The lowest BCUT2D eigenvalue weighted by Crippen LogP contribution is -1.96. The number of rotatable bonds is 2. The van der Waals surface area contributed by atoms with Crippen LogP contribution in [0.1, 0.15) is 0 Å². The first-order valence-electron chi connectivity index (χ1n) is 6.20. The van der Waals surface area contributed by atoms with Crippen LogP contribution in [0.5, 0.6) is 0 Å². The first-order valence-corrected chi connectivity index (χ1v) is 7.37. The summed E-state index contributed by atoms with van der Waals surface area (Å²) in [7, 11) is 0. The van der Waals surface area contributed by atoms with Gasteiger partial charge in [0.2, 0.25) is 0 Å². The van der Waals surface area contributed by atoms with Crippen LogP contribution in [0.3, 0.4) is 0 Å². The van der Waals surface area contributed by atoms with Crippen LogP contribution in [0.15, 0.2) is 47.2 Å². The summed E-state index contributed by atoms with van der Waals surface area (Å²) < 4.78 is 28.7. The lowest BCUT2D eigenvalue weighted by atomic mass is 9.98. The highest BCUT2D eigenvalue weighted by Crippen LogP contribution is 2.38. The van der Waals surface area contributed by atoms with E-state index in [0.29, 0.717) is 20.8 Å². The van der Waals surface area contributed by atoms with Crippen LogP contribution in [-0.4, -0.2) is 9.97 Å². The van der Waals surface area contributed by atoms with Gasteiger partial charge >= 0.3 is 0 Å². The molecule has 109 valence electrons. The standard InChI is InChI=1S/C16H7BrClF2N2/c17-11-8-21-7-10(16-12(19)2-1-3-13(16)20)15(11)14-5-4-9(18)6-22-14/h1-6,8H. The van der Waals surface area contributed by atoms with Crippen molar-refractivity contribution in [3.63, 3.8) is 0 Å². The highest BCUT2D eigenvalue weighted by atomic mass is 79.9. The molecule has 0 aliphatic carbocycles. The van der Waals surface area contributed by atoms with E-state index < -0.39 is 11.6 Å². The summed E-state index contributed by atoms with van der Waals surface area (Å²) in [5, 5.41) is 0.469. The molecule has 2 nitrogen and oxygen atoms in total. The number of aromatic nitrogens is 2. The van der Waals surface area contributed by atoms with Crippen LogP contribution in [-0.2, 0) is 0 Å². The molecule has 0 amide bonds. The van der Waals surface area contributed by atoms with Crippen molar-refractivity contribution in [2.75, 3.05) is 0 Å². The molecule has 1 radical (unpaired) electrons. The van der Waals surface area contributed by atoms with E-state index in [0.717, 1.165) is 0 Å². The number of nitrogens with zero attached hydrogens (tertiary/aromatic N) is 2. The Bertz CT molecular complexity index is 818. The highest BCUT2D eigenvalue weighted by Gasteiger charge is 2.19. The van der Waals surface area contributed by atoms with Crippen LogP contribution in [0.4, 0.5) is 8.78 Å². The van der Waals surface area contributed by atoms with Crippen LogP contribution in [0, 0.1) is 17.8 Å². The Kier molecular flexibility index (Phi) is 4.18. The van der Waals surface area contributed by atoms with Gasteiger partial charge < -0.3 is 0 Å². The third-order valence-corrected chi connectivity index (χ3v) is 3.86. The molecule has 0 aliphatic heterocycles. The van der Waals surface area contributed by atoms with Gasteiger partial charge in [-0.15, -0.1) is 0 Å². The molecule has 0 atom stereocenters. The highest BCUT2D eigenvalue weighted by molar-refractivity contribution is 9.10. The second kappa shape index (κ2) is 6.10. The third kappa shape index (κ3) is 2.74. The Balaban J connectivity index is 2.30. The molecule has 0 fully saturated rings. The molecule has 3 aromatic rings. The maximum atomic E-state index is 14.1. The molecular formula is C16H7BrClF2N2. The SMILES string of the molecule is Fc1cccc(F)c1-c1[c]ncc(Br)c1-c1ccc(Cl)cn1. The normalized spacial score (nSPS) is 10.7. The smallest absolute Gasteiger partial charge is 0.134 e. The van der Waals surface area contributed by atoms with Crippen LogP contribution in [0.25, 0.3) is 22.4 Å². The van der Waals surface area contributed by atoms with Gasteiger partial charge in [0, 0.05) is 28.0 Å². The van der Waals surface area contributed by atoms with Crippen molar-refractivity contribution in [1.82, 2.24) is 9.97 Å². The molecule has 0 saturated carbocycles. The second-order valence-electron chi connectivity index (χ2n) is 4.43. The molecule has 3 rings (SSSR count). The molecule has 0 saturated heterocycles. The Labute approximate surface area is 138 Å². The predicted molar refractivity (Wildman–Crippen MR) is 84.4 cm³/mol. The maximum absolute atomic E-state index is 14.1. The van der Waals surface area contributed by atoms with Crippen LogP contribution >= 0.6 is 27.5 Å². The van der Waals surface area contributed by atoms with Gasteiger partial charge in [0.25, 0.3) is 0 Å². The fourth-order valence-electron chi connectivity index (χ4n) is 2.09. The fraction of sp³-hybridized carbons (Fsp3) is 0. The van der Waals surface area contributed by atoms with Gasteiger partial charge in [0.1, 0.15) is 11.6 Å². The van der Waals surface area contributed by atoms with E-state index in [4.69, 9.17) is 11.6 Å². The molecule has 0 unspecified atom stereocenters. The number of halogens is 4. The van der Waals surface area contributed by atoms with E-state index in [1.54, 1.807) is 12.1 Å². The molecule has 0 N–H and O–H groups in total. The molecule has 2 aromatic heterocycles. The lowest BCUT2D eigenvalue weighted by Gasteiger charge is -2.12. The summed E-state index contributed by atoms with van der Waals surface area (Å²) in [5.41, 5.74) is 1.01. The summed E-state index contributed by atoms with van der Waals surface area (Å²) in [6, 6.07) is 7.00. The number of hydrogen-bond donors (Lipinski definition) is 0. The largest absolute Gasteiger partial charge is 0.255 e. The van der Waals surface area contributed by atoms with Crippen LogP contribution in [0.2, 0.25) is 5.02 Å². The monoisotopic (exact) mass is 379 g/mol. The van der Waals surface area contributed by atoms with Crippen LogP contribution < -0.4 is 0 Å². The minimum Gasteiger partial charge on any atom is -0.255 e. The van der Waals surface area contributed by atoms with Gasteiger partial charge in [0.15, 0.2) is 0 Å². The Hall–Kier alpha value is -1.85. The van der Waals surface area contributed by atoms with E-state index in [1.165, 1.54) is 30.6 Å². The predicted octanol–water partition coefficient (Wildman–Crippen LogP) is 5.30. The van der Waals surface area contributed by atoms with Crippen molar-refractivity contribution in [3.05, 3.63) is 70.1 Å². The average molecular weight is 381 g/mol. The number of hydrogen-bond acceptors (Lipinski definition) is 2. The molecule has 2 heterocycles.